The highest BCUT2D eigenvalue weighted by molar-refractivity contribution is 7.99. The number of nitrogens with zero attached hydrogens (tertiary/aromatic N) is 4. The number of para-hydroxylation sites is 1. The van der Waals surface area contributed by atoms with Gasteiger partial charge in [-0.15, -0.1) is 0 Å². The summed E-state index contributed by atoms with van der Waals surface area (Å²) >= 11 is 1.46. The molecule has 0 unspecified atom stereocenters. The average molecular weight is 342 g/mol. The highest BCUT2D eigenvalue weighted by Gasteiger charge is 2.15. The Hall–Kier alpha value is -2.08. The normalized spacial score (nSPS) is 14.5. The van der Waals surface area contributed by atoms with E-state index >= 15 is 0 Å². The van der Waals surface area contributed by atoms with Crippen molar-refractivity contribution in [2.75, 3.05) is 35.7 Å². The van der Waals surface area contributed by atoms with Gasteiger partial charge >= 0.3 is 0 Å². The number of anilines is 2. The SMILES string of the molecule is CN(C(=O)CSc1cc(N2CCCCC2)ncn1)c1ccccc1. The second kappa shape index (κ2) is 8.15. The smallest absolute Gasteiger partial charge is 0.237 e. The van der Waals surface area contributed by atoms with Crippen LogP contribution >= 0.6 is 11.8 Å². The Bertz CT molecular complexity index is 674. The van der Waals surface area contributed by atoms with Crippen LogP contribution in [-0.2, 0) is 4.79 Å². The third-order valence-corrected chi connectivity index (χ3v) is 5.08. The number of thioether (sulfide) groups is 1. The molecule has 2 aromatic rings. The molecule has 1 aliphatic rings. The Morgan fingerprint density at radius 2 is 1.92 bits per heavy atom. The molecule has 1 saturated heterocycles. The number of amides is 1. The van der Waals surface area contributed by atoms with E-state index in [1.807, 2.05) is 36.4 Å². The first-order valence-corrected chi connectivity index (χ1v) is 9.24. The van der Waals surface area contributed by atoms with Gasteiger partial charge in [0, 0.05) is 31.9 Å². The largest absolute Gasteiger partial charge is 0.356 e. The molecule has 126 valence electrons. The van der Waals surface area contributed by atoms with Gasteiger partial charge in [0.05, 0.1) is 5.75 Å². The molecular weight excluding hydrogens is 320 g/mol. The third kappa shape index (κ3) is 4.26. The minimum Gasteiger partial charge on any atom is -0.356 e. The molecule has 1 aliphatic heterocycles. The molecule has 0 radical (unpaired) electrons. The molecule has 0 aliphatic carbocycles. The summed E-state index contributed by atoms with van der Waals surface area (Å²) in [6.07, 6.45) is 5.32. The lowest BCUT2D eigenvalue weighted by molar-refractivity contribution is -0.115. The topological polar surface area (TPSA) is 49.3 Å². The van der Waals surface area contributed by atoms with Gasteiger partial charge in [0.2, 0.25) is 5.91 Å². The molecule has 0 bridgehead atoms. The molecule has 3 rings (SSSR count). The lowest BCUT2D eigenvalue weighted by Crippen LogP contribution is -2.30. The van der Waals surface area contributed by atoms with Gasteiger partial charge in [0.15, 0.2) is 0 Å². The molecule has 2 heterocycles. The third-order valence-electron chi connectivity index (χ3n) is 4.17. The van der Waals surface area contributed by atoms with Crippen molar-refractivity contribution < 1.29 is 4.79 Å². The van der Waals surface area contributed by atoms with Crippen LogP contribution in [0.5, 0.6) is 0 Å². The molecule has 0 atom stereocenters. The van der Waals surface area contributed by atoms with Crippen molar-refractivity contribution >= 4 is 29.2 Å². The molecular formula is C18H22N4OS. The number of piperidine rings is 1. The standard InChI is InChI=1S/C18H22N4OS/c1-21(15-8-4-2-5-9-15)18(23)13-24-17-12-16(19-14-20-17)22-10-6-3-7-11-22/h2,4-5,8-9,12,14H,3,6-7,10-11,13H2,1H3. The monoisotopic (exact) mass is 342 g/mol. The zero-order valence-electron chi connectivity index (χ0n) is 13.9. The zero-order chi connectivity index (χ0) is 16.8. The van der Waals surface area contributed by atoms with Crippen molar-refractivity contribution in [3.8, 4) is 0 Å². The predicted molar refractivity (Wildman–Crippen MR) is 98.7 cm³/mol. The number of carbonyl (C=O) groups is 1. The summed E-state index contributed by atoms with van der Waals surface area (Å²) in [6.45, 7) is 2.10. The Labute approximate surface area is 147 Å². The van der Waals surface area contributed by atoms with Crippen LogP contribution in [0.15, 0.2) is 47.8 Å². The lowest BCUT2D eigenvalue weighted by atomic mass is 10.1. The van der Waals surface area contributed by atoms with Crippen LogP contribution in [0.3, 0.4) is 0 Å². The predicted octanol–water partition coefficient (Wildman–Crippen LogP) is 3.22. The van der Waals surface area contributed by atoms with E-state index in [0.717, 1.165) is 29.6 Å². The quantitative estimate of drug-likeness (QED) is 0.617. The number of aromatic nitrogens is 2. The van der Waals surface area contributed by atoms with Gasteiger partial charge in [-0.1, -0.05) is 30.0 Å². The molecule has 24 heavy (non-hydrogen) atoms. The second-order valence-corrected chi connectivity index (χ2v) is 6.83. The highest BCUT2D eigenvalue weighted by Crippen LogP contribution is 2.23. The van der Waals surface area contributed by atoms with Crippen molar-refractivity contribution in [1.82, 2.24) is 9.97 Å². The van der Waals surface area contributed by atoms with Gasteiger partial charge in [0.25, 0.3) is 0 Å². The number of rotatable bonds is 5. The first-order chi connectivity index (χ1) is 11.7. The summed E-state index contributed by atoms with van der Waals surface area (Å²) in [7, 11) is 1.80. The van der Waals surface area contributed by atoms with Gasteiger partial charge in [-0.05, 0) is 31.4 Å². The maximum Gasteiger partial charge on any atom is 0.237 e. The van der Waals surface area contributed by atoms with Crippen LogP contribution in [0.1, 0.15) is 19.3 Å². The second-order valence-electron chi connectivity index (χ2n) is 5.84. The van der Waals surface area contributed by atoms with Crippen LogP contribution in [-0.4, -0.2) is 41.8 Å². The molecule has 0 N–H and O–H groups in total. The number of hydrogen-bond donors (Lipinski definition) is 0. The molecule has 1 amide bonds. The highest BCUT2D eigenvalue weighted by atomic mass is 32.2. The summed E-state index contributed by atoms with van der Waals surface area (Å²) in [5.41, 5.74) is 0.903. The minimum atomic E-state index is 0.0596. The maximum absolute atomic E-state index is 12.4. The summed E-state index contributed by atoms with van der Waals surface area (Å²) in [5, 5.41) is 0.848. The van der Waals surface area contributed by atoms with E-state index < -0.39 is 0 Å². The minimum absolute atomic E-state index is 0.0596. The van der Waals surface area contributed by atoms with Gasteiger partial charge in [-0.2, -0.15) is 0 Å². The average Bonchev–Trinajstić information content (AvgIpc) is 2.67. The van der Waals surface area contributed by atoms with Crippen LogP contribution in [0.4, 0.5) is 11.5 Å². The fourth-order valence-corrected chi connectivity index (χ4v) is 3.51. The first-order valence-electron chi connectivity index (χ1n) is 8.25. The Balaban J connectivity index is 1.59. The number of carbonyl (C=O) groups excluding carboxylic acids is 1. The Morgan fingerprint density at radius 3 is 2.67 bits per heavy atom. The fraction of sp³-hybridized carbons (Fsp3) is 0.389. The Kier molecular flexibility index (Phi) is 5.69. The fourth-order valence-electron chi connectivity index (χ4n) is 2.73. The van der Waals surface area contributed by atoms with Crippen molar-refractivity contribution in [2.45, 2.75) is 24.3 Å². The van der Waals surface area contributed by atoms with E-state index in [4.69, 9.17) is 0 Å². The molecule has 5 nitrogen and oxygen atoms in total. The molecule has 0 spiro atoms. The molecule has 1 aromatic heterocycles. The molecule has 6 heteroatoms. The van der Waals surface area contributed by atoms with Crippen molar-refractivity contribution in [3.63, 3.8) is 0 Å². The van der Waals surface area contributed by atoms with E-state index in [9.17, 15) is 4.79 Å². The van der Waals surface area contributed by atoms with Gasteiger partial charge in [-0.25, -0.2) is 9.97 Å². The summed E-state index contributed by atoms with van der Waals surface area (Å²) in [4.78, 5) is 25.0. The molecule has 1 aromatic carbocycles. The first kappa shape index (κ1) is 16.8. The van der Waals surface area contributed by atoms with Crippen molar-refractivity contribution in [2.24, 2.45) is 0 Å². The molecule has 0 saturated carbocycles. The van der Waals surface area contributed by atoms with E-state index in [1.165, 1.54) is 31.0 Å². The molecule has 1 fully saturated rings. The Morgan fingerprint density at radius 1 is 1.17 bits per heavy atom. The summed E-state index contributed by atoms with van der Waals surface area (Å²) in [6, 6.07) is 11.7. The zero-order valence-corrected chi connectivity index (χ0v) is 14.7. The van der Waals surface area contributed by atoms with Crippen LogP contribution < -0.4 is 9.80 Å². The van der Waals surface area contributed by atoms with Gasteiger partial charge in [-0.3, -0.25) is 4.79 Å². The van der Waals surface area contributed by atoms with Crippen molar-refractivity contribution in [3.05, 3.63) is 42.7 Å². The van der Waals surface area contributed by atoms with Crippen LogP contribution in [0.25, 0.3) is 0 Å². The summed E-state index contributed by atoms with van der Waals surface area (Å²) < 4.78 is 0. The lowest BCUT2D eigenvalue weighted by Gasteiger charge is -2.27. The van der Waals surface area contributed by atoms with E-state index in [-0.39, 0.29) is 5.91 Å². The van der Waals surface area contributed by atoms with Crippen molar-refractivity contribution in [1.29, 1.82) is 0 Å². The van der Waals surface area contributed by atoms with Crippen LogP contribution in [0, 0.1) is 0 Å². The van der Waals surface area contributed by atoms with Gasteiger partial charge < -0.3 is 9.80 Å². The van der Waals surface area contributed by atoms with E-state index in [0.29, 0.717) is 5.75 Å². The number of benzene rings is 1. The van der Waals surface area contributed by atoms with E-state index in [1.54, 1.807) is 18.3 Å². The number of hydrogen-bond acceptors (Lipinski definition) is 5. The summed E-state index contributed by atoms with van der Waals surface area (Å²) in [5.74, 6) is 1.39. The van der Waals surface area contributed by atoms with Gasteiger partial charge in [0.1, 0.15) is 17.2 Å². The maximum atomic E-state index is 12.4. The van der Waals surface area contributed by atoms with Crippen LogP contribution in [0.2, 0.25) is 0 Å². The van der Waals surface area contributed by atoms with E-state index in [2.05, 4.69) is 14.9 Å².